The van der Waals surface area contributed by atoms with Crippen LogP contribution >= 0.6 is 11.6 Å². The van der Waals surface area contributed by atoms with Crippen molar-refractivity contribution >= 4 is 34.6 Å². The van der Waals surface area contributed by atoms with Crippen molar-refractivity contribution in [2.75, 3.05) is 12.4 Å². The quantitative estimate of drug-likeness (QED) is 0.337. The SMILES string of the molecule is COC(=O)c1cc(-c2ccc(C)cc2Cl)cc([N+](=O)[O-])c1Nc1ccccc1. The van der Waals surface area contributed by atoms with Crippen LogP contribution in [-0.4, -0.2) is 18.0 Å². The molecule has 0 heterocycles. The Morgan fingerprint density at radius 2 is 1.82 bits per heavy atom. The molecule has 0 aliphatic rings. The third kappa shape index (κ3) is 3.97. The number of anilines is 2. The first kappa shape index (κ1) is 19.4. The van der Waals surface area contributed by atoms with Gasteiger partial charge in [-0.1, -0.05) is 41.9 Å². The van der Waals surface area contributed by atoms with Crippen molar-refractivity contribution in [1.29, 1.82) is 0 Å². The Morgan fingerprint density at radius 1 is 1.11 bits per heavy atom. The molecule has 28 heavy (non-hydrogen) atoms. The summed E-state index contributed by atoms with van der Waals surface area (Å²) in [7, 11) is 1.23. The number of hydrogen-bond donors (Lipinski definition) is 1. The maximum absolute atomic E-state index is 12.4. The normalized spacial score (nSPS) is 10.4. The number of methoxy groups -OCH3 is 1. The van der Waals surface area contributed by atoms with E-state index in [9.17, 15) is 14.9 Å². The average Bonchev–Trinajstić information content (AvgIpc) is 2.68. The molecule has 0 radical (unpaired) electrons. The second-order valence-electron chi connectivity index (χ2n) is 6.14. The standard InChI is InChI=1S/C21H17ClN2O4/c1-13-8-9-16(18(22)10-13)14-11-17(21(25)28-2)20(19(12-14)24(26)27)23-15-6-4-3-5-7-15/h3-12,23H,1-2H3. The maximum Gasteiger partial charge on any atom is 0.340 e. The van der Waals surface area contributed by atoms with Crippen LogP contribution in [0.5, 0.6) is 0 Å². The van der Waals surface area contributed by atoms with E-state index in [4.69, 9.17) is 16.3 Å². The highest BCUT2D eigenvalue weighted by Gasteiger charge is 2.25. The van der Waals surface area contributed by atoms with Crippen LogP contribution in [-0.2, 0) is 4.74 Å². The first-order valence-electron chi connectivity index (χ1n) is 8.40. The Kier molecular flexibility index (Phi) is 5.61. The van der Waals surface area contributed by atoms with Crippen LogP contribution in [0.4, 0.5) is 17.1 Å². The molecule has 0 aliphatic carbocycles. The smallest absolute Gasteiger partial charge is 0.340 e. The summed E-state index contributed by atoms with van der Waals surface area (Å²) in [5.74, 6) is -0.688. The number of para-hydroxylation sites is 1. The summed E-state index contributed by atoms with van der Waals surface area (Å²) in [5, 5.41) is 15.2. The predicted molar refractivity (Wildman–Crippen MR) is 109 cm³/mol. The number of rotatable bonds is 5. The number of nitrogens with zero attached hydrogens (tertiary/aromatic N) is 1. The first-order chi connectivity index (χ1) is 13.4. The van der Waals surface area contributed by atoms with E-state index in [-0.39, 0.29) is 16.9 Å². The van der Waals surface area contributed by atoms with E-state index in [0.29, 0.717) is 21.8 Å². The number of aryl methyl sites for hydroxylation is 1. The summed E-state index contributed by atoms with van der Waals surface area (Å²) in [6, 6.07) is 17.2. The van der Waals surface area contributed by atoms with Crippen LogP contribution in [0.15, 0.2) is 60.7 Å². The van der Waals surface area contributed by atoms with Crippen LogP contribution in [0.1, 0.15) is 15.9 Å². The molecule has 3 rings (SSSR count). The third-order valence-electron chi connectivity index (χ3n) is 4.20. The molecular weight excluding hydrogens is 380 g/mol. The Labute approximate surface area is 166 Å². The number of carbonyl (C=O) groups is 1. The monoisotopic (exact) mass is 396 g/mol. The number of esters is 1. The van der Waals surface area contributed by atoms with Gasteiger partial charge >= 0.3 is 5.97 Å². The molecule has 3 aromatic carbocycles. The van der Waals surface area contributed by atoms with Crippen LogP contribution in [0.25, 0.3) is 11.1 Å². The van der Waals surface area contributed by atoms with Gasteiger partial charge < -0.3 is 10.1 Å². The van der Waals surface area contributed by atoms with Crippen LogP contribution in [0.2, 0.25) is 5.02 Å². The molecule has 3 aromatic rings. The van der Waals surface area contributed by atoms with E-state index >= 15 is 0 Å². The zero-order chi connectivity index (χ0) is 20.3. The number of ether oxygens (including phenoxy) is 1. The van der Waals surface area contributed by atoms with E-state index in [1.54, 1.807) is 42.5 Å². The summed E-state index contributed by atoms with van der Waals surface area (Å²) in [6.07, 6.45) is 0. The number of nitro benzene ring substituents is 1. The fourth-order valence-electron chi connectivity index (χ4n) is 2.85. The van der Waals surface area contributed by atoms with Crippen LogP contribution < -0.4 is 5.32 Å². The highest BCUT2D eigenvalue weighted by molar-refractivity contribution is 6.33. The van der Waals surface area contributed by atoms with Gasteiger partial charge in [0, 0.05) is 22.3 Å². The second-order valence-corrected chi connectivity index (χ2v) is 6.55. The van der Waals surface area contributed by atoms with Crippen LogP contribution in [0, 0.1) is 17.0 Å². The number of hydrogen-bond acceptors (Lipinski definition) is 5. The fourth-order valence-corrected chi connectivity index (χ4v) is 3.19. The van der Waals surface area contributed by atoms with Gasteiger partial charge in [-0.15, -0.1) is 0 Å². The van der Waals surface area contributed by atoms with Gasteiger partial charge in [-0.3, -0.25) is 10.1 Å². The highest BCUT2D eigenvalue weighted by atomic mass is 35.5. The molecular formula is C21H17ClN2O4. The molecule has 7 heteroatoms. The van der Waals surface area contributed by atoms with Crippen molar-refractivity contribution in [3.05, 3.63) is 86.9 Å². The minimum Gasteiger partial charge on any atom is -0.465 e. The Morgan fingerprint density at radius 3 is 2.43 bits per heavy atom. The average molecular weight is 397 g/mol. The molecule has 0 saturated carbocycles. The topological polar surface area (TPSA) is 81.5 Å². The van der Waals surface area contributed by atoms with Gasteiger partial charge in [0.25, 0.3) is 5.69 Å². The largest absolute Gasteiger partial charge is 0.465 e. The molecule has 0 spiro atoms. The zero-order valence-electron chi connectivity index (χ0n) is 15.2. The lowest BCUT2D eigenvalue weighted by Crippen LogP contribution is -2.09. The molecule has 1 N–H and O–H groups in total. The van der Waals surface area contributed by atoms with Crippen molar-refractivity contribution in [2.24, 2.45) is 0 Å². The third-order valence-corrected chi connectivity index (χ3v) is 4.51. The minimum atomic E-state index is -0.688. The Bertz CT molecular complexity index is 1050. The minimum absolute atomic E-state index is 0.0483. The van der Waals surface area contributed by atoms with Crippen molar-refractivity contribution in [2.45, 2.75) is 6.92 Å². The predicted octanol–water partition coefficient (Wildman–Crippen LogP) is 5.75. The van der Waals surface area contributed by atoms with Crippen LogP contribution in [0.3, 0.4) is 0 Å². The first-order valence-corrected chi connectivity index (χ1v) is 8.78. The summed E-state index contributed by atoms with van der Waals surface area (Å²) in [4.78, 5) is 23.6. The van der Waals surface area contributed by atoms with E-state index in [1.165, 1.54) is 13.2 Å². The van der Waals surface area contributed by atoms with E-state index < -0.39 is 10.9 Å². The van der Waals surface area contributed by atoms with Crippen molar-refractivity contribution in [3.63, 3.8) is 0 Å². The van der Waals surface area contributed by atoms with E-state index in [2.05, 4.69) is 5.32 Å². The second kappa shape index (κ2) is 8.10. The molecule has 0 aliphatic heterocycles. The number of carbonyl (C=O) groups excluding carboxylic acids is 1. The fraction of sp³-hybridized carbons (Fsp3) is 0.0952. The van der Waals surface area contributed by atoms with E-state index in [1.807, 2.05) is 19.1 Å². The Hall–Kier alpha value is -3.38. The molecule has 0 fully saturated rings. The molecule has 0 bridgehead atoms. The van der Waals surface area contributed by atoms with Gasteiger partial charge in [-0.05, 0) is 42.3 Å². The molecule has 0 atom stereocenters. The number of halogens is 1. The summed E-state index contributed by atoms with van der Waals surface area (Å²) < 4.78 is 4.86. The molecule has 6 nitrogen and oxygen atoms in total. The van der Waals surface area contributed by atoms with E-state index in [0.717, 1.165) is 5.56 Å². The molecule has 0 amide bonds. The number of nitro groups is 1. The summed E-state index contributed by atoms with van der Waals surface area (Å²) in [6.45, 7) is 1.89. The molecule has 0 saturated heterocycles. The summed E-state index contributed by atoms with van der Waals surface area (Å²) >= 11 is 6.33. The maximum atomic E-state index is 12.4. The molecule has 142 valence electrons. The van der Waals surface area contributed by atoms with Gasteiger partial charge in [0.15, 0.2) is 0 Å². The Balaban J connectivity index is 2.24. The number of nitrogens with one attached hydrogen (secondary N) is 1. The lowest BCUT2D eigenvalue weighted by molar-refractivity contribution is -0.383. The van der Waals surface area contributed by atoms with Crippen molar-refractivity contribution < 1.29 is 14.5 Å². The lowest BCUT2D eigenvalue weighted by atomic mass is 9.99. The molecule has 0 unspecified atom stereocenters. The van der Waals surface area contributed by atoms with Gasteiger partial charge in [-0.2, -0.15) is 0 Å². The number of benzene rings is 3. The van der Waals surface area contributed by atoms with Gasteiger partial charge in [0.2, 0.25) is 0 Å². The van der Waals surface area contributed by atoms with Gasteiger partial charge in [0.1, 0.15) is 5.69 Å². The zero-order valence-corrected chi connectivity index (χ0v) is 16.0. The van der Waals surface area contributed by atoms with Gasteiger partial charge in [0.05, 0.1) is 17.6 Å². The lowest BCUT2D eigenvalue weighted by Gasteiger charge is -2.14. The van der Waals surface area contributed by atoms with Crippen molar-refractivity contribution in [3.8, 4) is 11.1 Å². The van der Waals surface area contributed by atoms with Crippen molar-refractivity contribution in [1.82, 2.24) is 0 Å². The molecule has 0 aromatic heterocycles. The summed E-state index contributed by atoms with van der Waals surface area (Å²) in [5.41, 5.74) is 2.47. The van der Waals surface area contributed by atoms with Gasteiger partial charge in [-0.25, -0.2) is 4.79 Å². The highest BCUT2D eigenvalue weighted by Crippen LogP contribution is 2.38.